The Morgan fingerprint density at radius 1 is 1.04 bits per heavy atom. The Morgan fingerprint density at radius 2 is 1.64 bits per heavy atom. The number of halogens is 1. The van der Waals surface area contributed by atoms with E-state index in [1.807, 2.05) is 31.3 Å². The first-order valence-electron chi connectivity index (χ1n) is 8.73. The summed E-state index contributed by atoms with van der Waals surface area (Å²) in [4.78, 5) is 6.69. The Balaban J connectivity index is 0.00000392. The minimum atomic E-state index is -3.40. The van der Waals surface area contributed by atoms with Crippen molar-refractivity contribution < 1.29 is 8.42 Å². The summed E-state index contributed by atoms with van der Waals surface area (Å²) in [6, 6.07) is 15.2. The van der Waals surface area contributed by atoms with Crippen LogP contribution in [0.5, 0.6) is 0 Å². The van der Waals surface area contributed by atoms with Gasteiger partial charge in [-0.15, -0.1) is 24.0 Å². The van der Waals surface area contributed by atoms with E-state index in [1.165, 1.54) is 29.5 Å². The zero-order chi connectivity index (χ0) is 20.0. The summed E-state index contributed by atoms with van der Waals surface area (Å²) < 4.78 is 25.5. The lowest BCUT2D eigenvalue weighted by atomic mass is 10.1. The summed E-state index contributed by atoms with van der Waals surface area (Å²) in [5, 5.41) is 3.32. The molecule has 0 radical (unpaired) electrons. The Bertz CT molecular complexity index is 897. The first-order chi connectivity index (χ1) is 12.8. The van der Waals surface area contributed by atoms with Crippen molar-refractivity contribution in [1.82, 2.24) is 14.5 Å². The van der Waals surface area contributed by atoms with Gasteiger partial charge in [-0.05, 0) is 35.7 Å². The third kappa shape index (κ3) is 6.18. The number of nitrogens with one attached hydrogen (secondary N) is 1. The molecule has 0 aliphatic heterocycles. The maximum atomic E-state index is 12.1. The summed E-state index contributed by atoms with van der Waals surface area (Å²) in [6.07, 6.45) is 0. The second-order valence-corrected chi connectivity index (χ2v) is 8.77. The van der Waals surface area contributed by atoms with Crippen molar-refractivity contribution in [1.29, 1.82) is 0 Å². The van der Waals surface area contributed by atoms with Gasteiger partial charge in [-0.2, -0.15) is 0 Å². The summed E-state index contributed by atoms with van der Waals surface area (Å²) in [5.41, 5.74) is 3.48. The molecule has 0 unspecified atom stereocenters. The molecule has 2 aromatic carbocycles. The average Bonchev–Trinajstić information content (AvgIpc) is 2.64. The molecule has 0 aromatic heterocycles. The van der Waals surface area contributed by atoms with E-state index in [1.54, 1.807) is 19.2 Å². The number of hydrogen-bond acceptors (Lipinski definition) is 3. The predicted octanol–water partition coefficient (Wildman–Crippen LogP) is 3.07. The summed E-state index contributed by atoms with van der Waals surface area (Å²) in [7, 11) is 3.40. The lowest BCUT2D eigenvalue weighted by molar-refractivity contribution is 0.475. The summed E-state index contributed by atoms with van der Waals surface area (Å²) in [6.45, 7) is 3.42. The molecule has 0 heterocycles. The van der Waals surface area contributed by atoms with Crippen molar-refractivity contribution in [2.75, 3.05) is 28.2 Å². The first kappa shape index (κ1) is 24.4. The van der Waals surface area contributed by atoms with Gasteiger partial charge in [0, 0.05) is 41.3 Å². The first-order valence-corrected chi connectivity index (χ1v) is 10.2. The van der Waals surface area contributed by atoms with Gasteiger partial charge in [-0.3, -0.25) is 4.99 Å². The van der Waals surface area contributed by atoms with E-state index in [9.17, 15) is 8.42 Å². The molecular formula is C20H29IN4O2S. The van der Waals surface area contributed by atoms with E-state index in [0.717, 1.165) is 18.1 Å². The van der Waals surface area contributed by atoms with Gasteiger partial charge in [0.2, 0.25) is 10.0 Å². The van der Waals surface area contributed by atoms with E-state index in [-0.39, 0.29) is 28.9 Å². The fourth-order valence-electron chi connectivity index (χ4n) is 2.67. The largest absolute Gasteiger partial charge is 0.352 e. The summed E-state index contributed by atoms with van der Waals surface area (Å²) in [5.74, 6) is 0.781. The smallest absolute Gasteiger partial charge is 0.242 e. The highest BCUT2D eigenvalue weighted by Crippen LogP contribution is 2.14. The van der Waals surface area contributed by atoms with Crippen LogP contribution in [0.25, 0.3) is 0 Å². The van der Waals surface area contributed by atoms with Crippen LogP contribution in [0.4, 0.5) is 0 Å². The topological polar surface area (TPSA) is 65.0 Å². The van der Waals surface area contributed by atoms with Crippen LogP contribution in [0.3, 0.4) is 0 Å². The van der Waals surface area contributed by atoms with Crippen LogP contribution in [0.1, 0.15) is 16.7 Å². The highest BCUT2D eigenvalue weighted by molar-refractivity contribution is 14.0. The van der Waals surface area contributed by atoms with Gasteiger partial charge < -0.3 is 10.2 Å². The monoisotopic (exact) mass is 516 g/mol. The molecule has 0 amide bonds. The van der Waals surface area contributed by atoms with Gasteiger partial charge in [0.25, 0.3) is 0 Å². The fraction of sp³-hybridized carbons (Fsp3) is 0.350. The Kier molecular flexibility index (Phi) is 9.38. The molecular weight excluding hydrogens is 487 g/mol. The second-order valence-electron chi connectivity index (χ2n) is 6.61. The Labute approximate surface area is 185 Å². The van der Waals surface area contributed by atoms with Crippen LogP contribution in [-0.2, 0) is 23.1 Å². The van der Waals surface area contributed by atoms with Crippen LogP contribution in [0, 0.1) is 6.92 Å². The highest BCUT2D eigenvalue weighted by atomic mass is 127. The molecule has 0 aliphatic carbocycles. The third-order valence-corrected chi connectivity index (χ3v) is 6.22. The van der Waals surface area contributed by atoms with E-state index in [4.69, 9.17) is 0 Å². The molecule has 0 fully saturated rings. The predicted molar refractivity (Wildman–Crippen MR) is 126 cm³/mol. The minimum Gasteiger partial charge on any atom is -0.352 e. The lowest BCUT2D eigenvalue weighted by Crippen LogP contribution is -2.38. The number of aliphatic imine (C=N–C) groups is 1. The Hall–Kier alpha value is -1.65. The SMILES string of the molecule is CN=C(NCc1ccc(S(=O)(=O)N(C)C)cc1)N(C)Cc1ccccc1C.I. The van der Waals surface area contributed by atoms with E-state index < -0.39 is 10.0 Å². The van der Waals surface area contributed by atoms with Gasteiger partial charge >= 0.3 is 0 Å². The molecule has 2 aromatic rings. The third-order valence-electron chi connectivity index (χ3n) is 4.39. The molecule has 6 nitrogen and oxygen atoms in total. The van der Waals surface area contributed by atoms with Crippen LogP contribution < -0.4 is 5.32 Å². The van der Waals surface area contributed by atoms with Crippen molar-refractivity contribution in [3.63, 3.8) is 0 Å². The molecule has 0 aliphatic rings. The molecule has 0 atom stereocenters. The van der Waals surface area contributed by atoms with Gasteiger partial charge in [0.05, 0.1) is 4.90 Å². The molecule has 154 valence electrons. The van der Waals surface area contributed by atoms with Crippen molar-refractivity contribution in [3.8, 4) is 0 Å². The number of hydrogen-bond donors (Lipinski definition) is 1. The van der Waals surface area contributed by atoms with Gasteiger partial charge in [-0.25, -0.2) is 12.7 Å². The van der Waals surface area contributed by atoms with Crippen molar-refractivity contribution in [3.05, 3.63) is 65.2 Å². The quantitative estimate of drug-likeness (QED) is 0.364. The van der Waals surface area contributed by atoms with Crippen molar-refractivity contribution in [2.24, 2.45) is 4.99 Å². The molecule has 0 bridgehead atoms. The lowest BCUT2D eigenvalue weighted by Gasteiger charge is -2.23. The highest BCUT2D eigenvalue weighted by Gasteiger charge is 2.16. The van der Waals surface area contributed by atoms with Crippen LogP contribution in [0.2, 0.25) is 0 Å². The number of guanidine groups is 1. The zero-order valence-electron chi connectivity index (χ0n) is 17.0. The molecule has 2 rings (SSSR count). The van der Waals surface area contributed by atoms with Crippen molar-refractivity contribution >= 4 is 40.0 Å². The van der Waals surface area contributed by atoms with Gasteiger partial charge in [0.15, 0.2) is 5.96 Å². The van der Waals surface area contributed by atoms with E-state index >= 15 is 0 Å². The second kappa shape index (κ2) is 10.8. The molecule has 1 N–H and O–H groups in total. The van der Waals surface area contributed by atoms with Gasteiger partial charge in [-0.1, -0.05) is 36.4 Å². The van der Waals surface area contributed by atoms with Crippen molar-refractivity contribution in [2.45, 2.75) is 24.9 Å². The van der Waals surface area contributed by atoms with Crippen LogP contribution in [-0.4, -0.2) is 51.8 Å². The molecule has 28 heavy (non-hydrogen) atoms. The number of benzene rings is 2. The minimum absolute atomic E-state index is 0. The fourth-order valence-corrected chi connectivity index (χ4v) is 3.58. The standard InChI is InChI=1S/C20H28N4O2S.HI/c1-16-8-6-7-9-18(16)15-24(5)20(21-2)22-14-17-10-12-19(13-11-17)27(25,26)23(3)4;/h6-13H,14-15H2,1-5H3,(H,21,22);1H. The number of rotatable bonds is 6. The van der Waals surface area contributed by atoms with Crippen LogP contribution >= 0.6 is 24.0 Å². The number of sulfonamides is 1. The molecule has 0 spiro atoms. The maximum absolute atomic E-state index is 12.1. The van der Waals surface area contributed by atoms with Gasteiger partial charge in [0.1, 0.15) is 0 Å². The average molecular weight is 516 g/mol. The Morgan fingerprint density at radius 3 is 2.18 bits per heavy atom. The number of nitrogens with zero attached hydrogens (tertiary/aromatic N) is 3. The summed E-state index contributed by atoms with van der Waals surface area (Å²) >= 11 is 0. The molecule has 0 saturated heterocycles. The molecule has 8 heteroatoms. The zero-order valence-corrected chi connectivity index (χ0v) is 20.2. The maximum Gasteiger partial charge on any atom is 0.242 e. The molecule has 0 saturated carbocycles. The van der Waals surface area contributed by atoms with E-state index in [0.29, 0.717) is 6.54 Å². The normalized spacial score (nSPS) is 11.9. The number of aryl methyl sites for hydroxylation is 1. The van der Waals surface area contributed by atoms with Crippen LogP contribution in [0.15, 0.2) is 58.4 Å². The van der Waals surface area contributed by atoms with E-state index in [2.05, 4.69) is 34.3 Å².